The number of hydrogen-bond donors (Lipinski definition) is 0. The van der Waals surface area contributed by atoms with Gasteiger partial charge in [0.25, 0.3) is 0 Å². The molecule has 0 N–H and O–H groups in total. The molecule has 0 radical (unpaired) electrons. The van der Waals surface area contributed by atoms with Crippen molar-refractivity contribution in [1.82, 2.24) is 15.0 Å². The quantitative estimate of drug-likeness (QED) is 0.816. The van der Waals surface area contributed by atoms with E-state index in [2.05, 4.69) is 15.0 Å². The molecule has 0 aliphatic carbocycles. The van der Waals surface area contributed by atoms with Gasteiger partial charge in [0.05, 0.1) is 12.7 Å². The van der Waals surface area contributed by atoms with Crippen molar-refractivity contribution < 1.29 is 14.2 Å². The van der Waals surface area contributed by atoms with E-state index in [0.29, 0.717) is 13.2 Å². The average Bonchev–Trinajstić information content (AvgIpc) is 2.37. The third-order valence-corrected chi connectivity index (χ3v) is 2.68. The molecule has 1 aliphatic rings. The summed E-state index contributed by atoms with van der Waals surface area (Å²) in [5, 5.41) is 0.0630. The van der Waals surface area contributed by atoms with E-state index in [-0.39, 0.29) is 23.4 Å². The number of nitrogens with zero attached hydrogens (tertiary/aromatic N) is 3. The van der Waals surface area contributed by atoms with E-state index < -0.39 is 0 Å². The summed E-state index contributed by atoms with van der Waals surface area (Å²) < 4.78 is 16.2. The van der Waals surface area contributed by atoms with Crippen LogP contribution in [0.5, 0.6) is 12.0 Å². The Hall–Kier alpha value is -1.14. The minimum Gasteiger partial charge on any atom is -0.464 e. The van der Waals surface area contributed by atoms with Crippen LogP contribution >= 0.6 is 11.6 Å². The SMILES string of the molecule is CCOc1nc(Cl)nc(OCC2CCCCO2)n1. The zero-order valence-corrected chi connectivity index (χ0v) is 11.0. The standard InChI is InChI=1S/C11H16ClN3O3/c1-2-16-10-13-9(12)14-11(15-10)18-7-8-5-3-4-6-17-8/h8H,2-7H2,1H3. The van der Waals surface area contributed by atoms with Gasteiger partial charge in [-0.2, -0.15) is 9.97 Å². The normalized spacial score (nSPS) is 19.6. The summed E-state index contributed by atoms with van der Waals surface area (Å²) >= 11 is 5.75. The summed E-state index contributed by atoms with van der Waals surface area (Å²) in [6, 6.07) is 0.352. The monoisotopic (exact) mass is 273 g/mol. The lowest BCUT2D eigenvalue weighted by molar-refractivity contribution is -0.0131. The second-order valence-corrected chi connectivity index (χ2v) is 4.24. The molecule has 1 atom stereocenters. The molecule has 100 valence electrons. The molecule has 0 aromatic carbocycles. The van der Waals surface area contributed by atoms with E-state index in [1.54, 1.807) is 0 Å². The van der Waals surface area contributed by atoms with Gasteiger partial charge in [0.15, 0.2) is 0 Å². The molecule has 1 fully saturated rings. The van der Waals surface area contributed by atoms with Crippen molar-refractivity contribution in [2.75, 3.05) is 19.8 Å². The van der Waals surface area contributed by atoms with Crippen LogP contribution in [0.2, 0.25) is 5.28 Å². The number of rotatable bonds is 5. The first-order valence-corrected chi connectivity index (χ1v) is 6.44. The molecular weight excluding hydrogens is 258 g/mol. The molecule has 0 bridgehead atoms. The highest BCUT2D eigenvalue weighted by Gasteiger charge is 2.16. The summed E-state index contributed by atoms with van der Waals surface area (Å²) in [6.07, 6.45) is 3.38. The molecule has 0 amide bonds. The molecule has 2 heterocycles. The molecule has 2 rings (SSSR count). The molecular formula is C11H16ClN3O3. The molecule has 1 aromatic heterocycles. The molecule has 7 heteroatoms. The summed E-state index contributed by atoms with van der Waals surface area (Å²) in [6.45, 7) is 3.52. The Bertz CT molecular complexity index is 386. The molecule has 1 unspecified atom stereocenters. The fraction of sp³-hybridized carbons (Fsp3) is 0.727. The van der Waals surface area contributed by atoms with Crippen LogP contribution in [-0.4, -0.2) is 40.9 Å². The zero-order valence-electron chi connectivity index (χ0n) is 10.3. The van der Waals surface area contributed by atoms with Crippen molar-refractivity contribution in [3.8, 4) is 12.0 Å². The van der Waals surface area contributed by atoms with Crippen molar-refractivity contribution in [2.45, 2.75) is 32.3 Å². The van der Waals surface area contributed by atoms with Gasteiger partial charge in [-0.15, -0.1) is 4.98 Å². The molecule has 1 aliphatic heterocycles. The Morgan fingerprint density at radius 3 is 2.67 bits per heavy atom. The predicted octanol–water partition coefficient (Wildman–Crippen LogP) is 1.87. The summed E-state index contributed by atoms with van der Waals surface area (Å²) in [7, 11) is 0. The fourth-order valence-electron chi connectivity index (χ4n) is 1.68. The van der Waals surface area contributed by atoms with Gasteiger partial charge in [-0.25, -0.2) is 0 Å². The first-order valence-electron chi connectivity index (χ1n) is 6.06. The van der Waals surface area contributed by atoms with Crippen molar-refractivity contribution in [2.24, 2.45) is 0 Å². The molecule has 18 heavy (non-hydrogen) atoms. The second kappa shape index (κ2) is 6.70. The number of aromatic nitrogens is 3. The van der Waals surface area contributed by atoms with Crippen molar-refractivity contribution >= 4 is 11.6 Å². The van der Waals surface area contributed by atoms with Gasteiger partial charge in [0.2, 0.25) is 5.28 Å². The second-order valence-electron chi connectivity index (χ2n) is 3.90. The van der Waals surface area contributed by atoms with E-state index >= 15 is 0 Å². The highest BCUT2D eigenvalue weighted by molar-refractivity contribution is 6.28. The minimum absolute atomic E-state index is 0.0630. The van der Waals surface area contributed by atoms with Crippen LogP contribution in [0.1, 0.15) is 26.2 Å². The Kier molecular flexibility index (Phi) is 4.95. The maximum absolute atomic E-state index is 5.75. The molecule has 1 aromatic rings. The summed E-state index contributed by atoms with van der Waals surface area (Å²) in [4.78, 5) is 11.7. The predicted molar refractivity (Wildman–Crippen MR) is 65.1 cm³/mol. The number of ether oxygens (including phenoxy) is 3. The van der Waals surface area contributed by atoms with Crippen LogP contribution in [0.3, 0.4) is 0 Å². The molecule has 6 nitrogen and oxygen atoms in total. The van der Waals surface area contributed by atoms with E-state index in [9.17, 15) is 0 Å². The van der Waals surface area contributed by atoms with Crippen LogP contribution < -0.4 is 9.47 Å². The average molecular weight is 274 g/mol. The highest BCUT2D eigenvalue weighted by Crippen LogP contribution is 2.16. The highest BCUT2D eigenvalue weighted by atomic mass is 35.5. The van der Waals surface area contributed by atoms with Crippen LogP contribution in [0.15, 0.2) is 0 Å². The van der Waals surface area contributed by atoms with Gasteiger partial charge in [0, 0.05) is 6.61 Å². The molecule has 0 saturated carbocycles. The summed E-state index contributed by atoms with van der Waals surface area (Å²) in [5.74, 6) is 0. The third-order valence-electron chi connectivity index (χ3n) is 2.51. The topological polar surface area (TPSA) is 66.4 Å². The number of halogens is 1. The van der Waals surface area contributed by atoms with Crippen molar-refractivity contribution in [3.63, 3.8) is 0 Å². The largest absolute Gasteiger partial charge is 0.464 e. The van der Waals surface area contributed by atoms with E-state index in [1.807, 2.05) is 6.92 Å². The van der Waals surface area contributed by atoms with Crippen LogP contribution in [0.25, 0.3) is 0 Å². The van der Waals surface area contributed by atoms with E-state index in [1.165, 1.54) is 0 Å². The minimum atomic E-state index is 0.0630. The van der Waals surface area contributed by atoms with Crippen LogP contribution in [0, 0.1) is 0 Å². The Labute approximate surface area is 111 Å². The Morgan fingerprint density at radius 2 is 2.00 bits per heavy atom. The maximum Gasteiger partial charge on any atom is 0.324 e. The smallest absolute Gasteiger partial charge is 0.324 e. The van der Waals surface area contributed by atoms with Gasteiger partial charge in [-0.05, 0) is 37.8 Å². The van der Waals surface area contributed by atoms with Gasteiger partial charge in [-0.3, -0.25) is 0 Å². The third kappa shape index (κ3) is 3.96. The fourth-order valence-corrected chi connectivity index (χ4v) is 1.82. The Balaban J connectivity index is 1.91. The van der Waals surface area contributed by atoms with Crippen LogP contribution in [-0.2, 0) is 4.74 Å². The number of hydrogen-bond acceptors (Lipinski definition) is 6. The first kappa shape index (κ1) is 13.3. The van der Waals surface area contributed by atoms with Gasteiger partial charge in [0.1, 0.15) is 6.61 Å². The van der Waals surface area contributed by atoms with Gasteiger partial charge < -0.3 is 14.2 Å². The first-order chi connectivity index (χ1) is 8.78. The van der Waals surface area contributed by atoms with Gasteiger partial charge in [-0.1, -0.05) is 0 Å². The Morgan fingerprint density at radius 1 is 1.22 bits per heavy atom. The zero-order chi connectivity index (χ0) is 12.8. The van der Waals surface area contributed by atoms with Crippen molar-refractivity contribution in [1.29, 1.82) is 0 Å². The van der Waals surface area contributed by atoms with E-state index in [0.717, 1.165) is 25.9 Å². The van der Waals surface area contributed by atoms with Crippen molar-refractivity contribution in [3.05, 3.63) is 5.28 Å². The van der Waals surface area contributed by atoms with E-state index in [4.69, 9.17) is 25.8 Å². The lowest BCUT2D eigenvalue weighted by atomic mass is 10.1. The molecule has 1 saturated heterocycles. The van der Waals surface area contributed by atoms with Gasteiger partial charge >= 0.3 is 12.0 Å². The molecule has 0 spiro atoms. The lowest BCUT2D eigenvalue weighted by Crippen LogP contribution is -2.26. The maximum atomic E-state index is 5.75. The van der Waals surface area contributed by atoms with Crippen LogP contribution in [0.4, 0.5) is 0 Å². The lowest BCUT2D eigenvalue weighted by Gasteiger charge is -2.21. The summed E-state index contributed by atoms with van der Waals surface area (Å²) in [5.41, 5.74) is 0.